The summed E-state index contributed by atoms with van der Waals surface area (Å²) in [5.74, 6) is 6.51. The van der Waals surface area contributed by atoms with Crippen LogP contribution in [0.1, 0.15) is 74.5 Å². The van der Waals surface area contributed by atoms with Gasteiger partial charge in [-0.2, -0.15) is 0 Å². The van der Waals surface area contributed by atoms with Crippen LogP contribution < -0.4 is 4.74 Å². The molecule has 3 aliphatic carbocycles. The molecule has 166 valence electrons. The summed E-state index contributed by atoms with van der Waals surface area (Å²) >= 11 is 0. The molecule has 2 aromatic rings. The van der Waals surface area contributed by atoms with Crippen molar-refractivity contribution in [2.45, 2.75) is 70.8 Å². The van der Waals surface area contributed by atoms with Gasteiger partial charge < -0.3 is 4.74 Å². The largest absolute Gasteiger partial charge is 0.489 e. The van der Waals surface area contributed by atoms with E-state index in [2.05, 4.69) is 55.3 Å². The lowest BCUT2D eigenvalue weighted by Gasteiger charge is -2.50. The summed E-state index contributed by atoms with van der Waals surface area (Å²) in [4.78, 5) is 13.1. The van der Waals surface area contributed by atoms with Crippen LogP contribution in [0, 0.1) is 35.5 Å². The summed E-state index contributed by atoms with van der Waals surface area (Å²) in [6.45, 7) is 2.88. The minimum atomic E-state index is -0.113. The zero-order valence-corrected chi connectivity index (χ0v) is 19.2. The van der Waals surface area contributed by atoms with Gasteiger partial charge in [0.25, 0.3) is 0 Å². The summed E-state index contributed by atoms with van der Waals surface area (Å²) in [7, 11) is 0. The minimum absolute atomic E-state index is 0.113. The molecule has 2 fully saturated rings. The number of hydrogen-bond donors (Lipinski definition) is 0. The SMILES string of the molecule is C#CCCCC1CC(=O)[C@@]2(C)CC[C@@H]3c4ccc(OCc5ccccc5)cc4CC[C@H]3[C@H]12. The Bertz CT molecular complexity index is 1020. The van der Waals surface area contributed by atoms with E-state index in [0.29, 0.717) is 36.1 Å². The molecule has 2 heteroatoms. The number of terminal acetylenes is 1. The zero-order valence-electron chi connectivity index (χ0n) is 19.2. The van der Waals surface area contributed by atoms with E-state index in [9.17, 15) is 4.79 Å². The van der Waals surface area contributed by atoms with Crippen molar-refractivity contribution in [2.75, 3.05) is 0 Å². The van der Waals surface area contributed by atoms with Crippen LogP contribution >= 0.6 is 0 Å². The number of hydrogen-bond acceptors (Lipinski definition) is 2. The lowest BCUT2D eigenvalue weighted by molar-refractivity contribution is -0.129. The molecule has 0 saturated heterocycles. The van der Waals surface area contributed by atoms with Crippen molar-refractivity contribution in [3.05, 3.63) is 65.2 Å². The second kappa shape index (κ2) is 8.78. The number of carbonyl (C=O) groups excluding carboxylic acids is 1. The zero-order chi connectivity index (χ0) is 22.1. The van der Waals surface area contributed by atoms with Crippen LogP contribution in [0.3, 0.4) is 0 Å². The van der Waals surface area contributed by atoms with E-state index in [1.807, 2.05) is 6.07 Å². The maximum absolute atomic E-state index is 13.1. The van der Waals surface area contributed by atoms with Crippen molar-refractivity contribution in [1.82, 2.24) is 0 Å². The van der Waals surface area contributed by atoms with E-state index in [-0.39, 0.29) is 5.41 Å². The van der Waals surface area contributed by atoms with E-state index >= 15 is 0 Å². The standard InChI is InChI=1S/C30H34O2/c1-3-4-6-11-23-19-28(31)30(2)17-16-26-25-15-13-24(32-20-21-9-7-5-8-10-21)18-22(25)12-14-27(26)29(23)30/h1,5,7-10,13,15,18,23,26-27,29H,4,6,11-12,14,16-17,19-20H2,2H3/t23?,26-,27-,29+,30-/m1/s1. The maximum Gasteiger partial charge on any atom is 0.139 e. The summed E-state index contributed by atoms with van der Waals surface area (Å²) < 4.78 is 6.10. The Hall–Kier alpha value is -2.53. The Morgan fingerprint density at radius 2 is 2.00 bits per heavy atom. The Labute approximate surface area is 192 Å². The van der Waals surface area contributed by atoms with E-state index in [1.54, 1.807) is 0 Å². The molecule has 0 amide bonds. The number of carbonyl (C=O) groups is 1. The Morgan fingerprint density at radius 1 is 1.16 bits per heavy atom. The van der Waals surface area contributed by atoms with Gasteiger partial charge in [0.2, 0.25) is 0 Å². The Kier molecular flexibility index (Phi) is 5.85. The first kappa shape index (κ1) is 21.3. The van der Waals surface area contributed by atoms with Crippen molar-refractivity contribution in [3.8, 4) is 18.1 Å². The van der Waals surface area contributed by atoms with Crippen molar-refractivity contribution in [1.29, 1.82) is 0 Å². The molecule has 0 bridgehead atoms. The lowest BCUT2D eigenvalue weighted by Crippen LogP contribution is -2.44. The lowest BCUT2D eigenvalue weighted by atomic mass is 9.54. The van der Waals surface area contributed by atoms with Crippen molar-refractivity contribution >= 4 is 5.78 Å². The van der Waals surface area contributed by atoms with Gasteiger partial charge in [-0.15, -0.1) is 12.3 Å². The summed E-state index contributed by atoms with van der Waals surface area (Å²) in [6, 6.07) is 17.1. The third-order valence-electron chi connectivity index (χ3n) is 8.69. The van der Waals surface area contributed by atoms with Gasteiger partial charge in [0.1, 0.15) is 18.1 Å². The third kappa shape index (κ3) is 3.77. The normalized spacial score (nSPS) is 30.7. The van der Waals surface area contributed by atoms with Crippen molar-refractivity contribution in [2.24, 2.45) is 23.2 Å². The summed E-state index contributed by atoms with van der Waals surface area (Å²) in [5.41, 5.74) is 4.04. The first-order valence-corrected chi connectivity index (χ1v) is 12.4. The number of benzene rings is 2. The number of Topliss-reactive ketones (excluding diaryl/α,β-unsaturated/α-hetero) is 1. The quantitative estimate of drug-likeness (QED) is 0.378. The van der Waals surface area contributed by atoms with E-state index in [1.165, 1.54) is 23.1 Å². The van der Waals surface area contributed by atoms with Gasteiger partial charge >= 0.3 is 0 Å². The smallest absolute Gasteiger partial charge is 0.139 e. The number of rotatable bonds is 6. The first-order chi connectivity index (χ1) is 15.6. The number of aryl methyl sites for hydroxylation is 1. The van der Waals surface area contributed by atoms with E-state index < -0.39 is 0 Å². The summed E-state index contributed by atoms with van der Waals surface area (Å²) in [5, 5.41) is 0. The highest BCUT2D eigenvalue weighted by Crippen LogP contribution is 2.62. The third-order valence-corrected chi connectivity index (χ3v) is 8.69. The molecule has 0 radical (unpaired) electrons. The van der Waals surface area contributed by atoms with E-state index in [0.717, 1.165) is 50.7 Å². The first-order valence-electron chi connectivity index (χ1n) is 12.4. The molecule has 1 unspecified atom stereocenters. The number of ether oxygens (including phenoxy) is 1. The molecule has 0 spiro atoms. The Balaban J connectivity index is 1.34. The highest BCUT2D eigenvalue weighted by atomic mass is 16.5. The number of unbranched alkanes of at least 4 members (excludes halogenated alkanes) is 1. The van der Waals surface area contributed by atoms with Gasteiger partial charge in [0.15, 0.2) is 0 Å². The average molecular weight is 427 g/mol. The average Bonchev–Trinajstić information content (AvgIpc) is 3.08. The molecule has 2 saturated carbocycles. The van der Waals surface area contributed by atoms with Crippen molar-refractivity contribution in [3.63, 3.8) is 0 Å². The maximum atomic E-state index is 13.1. The number of ketones is 1. The fraction of sp³-hybridized carbons (Fsp3) is 0.500. The van der Waals surface area contributed by atoms with Crippen molar-refractivity contribution < 1.29 is 9.53 Å². The van der Waals surface area contributed by atoms with E-state index in [4.69, 9.17) is 11.2 Å². The molecule has 0 aliphatic heterocycles. The van der Waals surface area contributed by atoms with Crippen LogP contribution in [0.5, 0.6) is 5.75 Å². The van der Waals surface area contributed by atoms with Gasteiger partial charge in [-0.3, -0.25) is 4.79 Å². The summed E-state index contributed by atoms with van der Waals surface area (Å²) in [6.07, 6.45) is 13.7. The molecule has 0 heterocycles. The topological polar surface area (TPSA) is 26.3 Å². The predicted molar refractivity (Wildman–Crippen MR) is 128 cm³/mol. The van der Waals surface area contributed by atoms with Gasteiger partial charge in [-0.25, -0.2) is 0 Å². The van der Waals surface area contributed by atoms with Crippen LogP contribution in [-0.2, 0) is 17.8 Å². The molecular formula is C30H34O2. The molecule has 5 atom stereocenters. The molecule has 2 aromatic carbocycles. The van der Waals surface area contributed by atoms with Gasteiger partial charge in [-0.05, 0) is 91.0 Å². The molecule has 0 N–H and O–H groups in total. The van der Waals surface area contributed by atoms with Crippen LogP contribution in [0.25, 0.3) is 0 Å². The molecule has 2 nitrogen and oxygen atoms in total. The number of fused-ring (bicyclic) bond motifs is 5. The van der Waals surface area contributed by atoms with Crippen LogP contribution in [0.4, 0.5) is 0 Å². The second-order valence-corrected chi connectivity index (χ2v) is 10.4. The monoisotopic (exact) mass is 426 g/mol. The van der Waals surface area contributed by atoms with Gasteiger partial charge in [0, 0.05) is 18.3 Å². The van der Waals surface area contributed by atoms with Gasteiger partial charge in [0.05, 0.1) is 0 Å². The van der Waals surface area contributed by atoms with Gasteiger partial charge in [-0.1, -0.05) is 43.3 Å². The van der Waals surface area contributed by atoms with Crippen LogP contribution in [0.2, 0.25) is 0 Å². The van der Waals surface area contributed by atoms with Crippen LogP contribution in [-0.4, -0.2) is 5.78 Å². The molecule has 0 aromatic heterocycles. The highest BCUT2D eigenvalue weighted by molar-refractivity contribution is 5.87. The Morgan fingerprint density at radius 3 is 2.81 bits per heavy atom. The highest BCUT2D eigenvalue weighted by Gasteiger charge is 2.58. The van der Waals surface area contributed by atoms with Crippen LogP contribution in [0.15, 0.2) is 48.5 Å². The predicted octanol–water partition coefficient (Wildman–Crippen LogP) is 6.72. The molecular weight excluding hydrogens is 392 g/mol. The second-order valence-electron chi connectivity index (χ2n) is 10.4. The fourth-order valence-corrected chi connectivity index (χ4v) is 7.18. The molecule has 5 rings (SSSR count). The molecule has 3 aliphatic rings. The molecule has 32 heavy (non-hydrogen) atoms. The minimum Gasteiger partial charge on any atom is -0.489 e. The fourth-order valence-electron chi connectivity index (χ4n) is 7.18.